The van der Waals surface area contributed by atoms with E-state index in [9.17, 15) is 12.8 Å². The SMILES string of the molecule is CC(C)(C)C(CCBr)NS(=O)(=O)c1ccccc1F. The fourth-order valence-electron chi connectivity index (χ4n) is 1.69. The predicted molar refractivity (Wildman–Crippen MR) is 78.4 cm³/mol. The van der Waals surface area contributed by atoms with E-state index >= 15 is 0 Å². The zero-order valence-electron chi connectivity index (χ0n) is 11.3. The lowest BCUT2D eigenvalue weighted by atomic mass is 9.86. The summed E-state index contributed by atoms with van der Waals surface area (Å²) in [6.45, 7) is 5.85. The van der Waals surface area contributed by atoms with E-state index in [2.05, 4.69) is 20.7 Å². The fourth-order valence-corrected chi connectivity index (χ4v) is 3.70. The zero-order chi connectivity index (χ0) is 14.7. The average molecular weight is 352 g/mol. The summed E-state index contributed by atoms with van der Waals surface area (Å²) in [5.74, 6) is -0.735. The third-order valence-corrected chi connectivity index (χ3v) is 4.83. The molecule has 0 radical (unpaired) electrons. The molecule has 3 nitrogen and oxygen atoms in total. The standard InChI is InChI=1S/C13H19BrFNO2S/c1-13(2,3)12(8-9-14)16-19(17,18)11-7-5-4-6-10(11)15/h4-7,12,16H,8-9H2,1-3H3. The minimum absolute atomic E-state index is 0.244. The molecule has 0 aliphatic carbocycles. The van der Waals surface area contributed by atoms with Gasteiger partial charge in [-0.1, -0.05) is 48.8 Å². The lowest BCUT2D eigenvalue weighted by Crippen LogP contribution is -2.44. The maximum Gasteiger partial charge on any atom is 0.243 e. The van der Waals surface area contributed by atoms with Gasteiger partial charge in [0.1, 0.15) is 10.7 Å². The molecule has 0 bridgehead atoms. The molecular formula is C13H19BrFNO2S. The molecule has 0 aliphatic heterocycles. The van der Waals surface area contributed by atoms with E-state index in [-0.39, 0.29) is 16.4 Å². The summed E-state index contributed by atoms with van der Waals surface area (Å²) in [7, 11) is -3.84. The third kappa shape index (κ3) is 4.54. The van der Waals surface area contributed by atoms with Gasteiger partial charge in [-0.05, 0) is 24.0 Å². The van der Waals surface area contributed by atoms with E-state index in [1.165, 1.54) is 18.2 Å². The molecule has 1 unspecified atom stereocenters. The molecule has 0 aromatic heterocycles. The number of halogens is 2. The van der Waals surface area contributed by atoms with Crippen molar-refractivity contribution in [3.05, 3.63) is 30.1 Å². The van der Waals surface area contributed by atoms with Crippen LogP contribution in [0.3, 0.4) is 0 Å². The van der Waals surface area contributed by atoms with Crippen molar-refractivity contribution in [2.75, 3.05) is 5.33 Å². The van der Waals surface area contributed by atoms with Gasteiger partial charge in [0.05, 0.1) is 0 Å². The smallest absolute Gasteiger partial charge is 0.207 e. The molecule has 108 valence electrons. The number of sulfonamides is 1. The van der Waals surface area contributed by atoms with Crippen LogP contribution in [0, 0.1) is 11.2 Å². The minimum Gasteiger partial charge on any atom is -0.207 e. The molecule has 1 aromatic carbocycles. The largest absolute Gasteiger partial charge is 0.243 e. The van der Waals surface area contributed by atoms with Gasteiger partial charge in [-0.2, -0.15) is 0 Å². The van der Waals surface area contributed by atoms with Crippen LogP contribution in [-0.4, -0.2) is 19.8 Å². The molecule has 1 atom stereocenters. The summed E-state index contributed by atoms with van der Waals surface area (Å²) in [5, 5.41) is 0.675. The van der Waals surface area contributed by atoms with Crippen LogP contribution in [0.1, 0.15) is 27.2 Å². The van der Waals surface area contributed by atoms with E-state index in [0.29, 0.717) is 11.8 Å². The van der Waals surface area contributed by atoms with Crippen molar-refractivity contribution in [2.24, 2.45) is 5.41 Å². The minimum atomic E-state index is -3.84. The fraction of sp³-hybridized carbons (Fsp3) is 0.538. The zero-order valence-corrected chi connectivity index (χ0v) is 13.7. The molecule has 0 aliphatic rings. The van der Waals surface area contributed by atoms with Gasteiger partial charge in [0.15, 0.2) is 0 Å². The first-order valence-corrected chi connectivity index (χ1v) is 8.62. The molecule has 6 heteroatoms. The number of nitrogens with one attached hydrogen (secondary N) is 1. The van der Waals surface area contributed by atoms with Crippen molar-refractivity contribution in [3.63, 3.8) is 0 Å². The number of alkyl halides is 1. The van der Waals surface area contributed by atoms with Crippen molar-refractivity contribution < 1.29 is 12.8 Å². The molecule has 19 heavy (non-hydrogen) atoms. The Morgan fingerprint density at radius 1 is 1.32 bits per heavy atom. The van der Waals surface area contributed by atoms with Crippen LogP contribution in [0.4, 0.5) is 4.39 Å². The Kier molecular flexibility index (Phi) is 5.53. The lowest BCUT2D eigenvalue weighted by molar-refractivity contribution is 0.293. The van der Waals surface area contributed by atoms with Crippen molar-refractivity contribution in [3.8, 4) is 0 Å². The van der Waals surface area contributed by atoms with Crippen molar-refractivity contribution in [1.29, 1.82) is 0 Å². The first-order valence-electron chi connectivity index (χ1n) is 6.01. The maximum atomic E-state index is 13.6. The summed E-state index contributed by atoms with van der Waals surface area (Å²) >= 11 is 3.31. The highest BCUT2D eigenvalue weighted by Gasteiger charge is 2.30. The maximum absolute atomic E-state index is 13.6. The Labute approximate surface area is 122 Å². The van der Waals surface area contributed by atoms with Gasteiger partial charge in [0, 0.05) is 11.4 Å². The van der Waals surface area contributed by atoms with Gasteiger partial charge in [0.2, 0.25) is 10.0 Å². The van der Waals surface area contributed by atoms with Crippen LogP contribution in [-0.2, 0) is 10.0 Å². The molecular weight excluding hydrogens is 333 g/mol. The summed E-state index contributed by atoms with van der Waals surface area (Å²) in [5.41, 5.74) is -0.244. The predicted octanol–water partition coefficient (Wildman–Crippen LogP) is 3.30. The molecule has 1 N–H and O–H groups in total. The van der Waals surface area contributed by atoms with Crippen molar-refractivity contribution in [1.82, 2.24) is 4.72 Å². The van der Waals surface area contributed by atoms with E-state index in [1.54, 1.807) is 0 Å². The normalized spacial score (nSPS) is 14.4. The van der Waals surface area contributed by atoms with Crippen LogP contribution < -0.4 is 4.72 Å². The molecule has 0 saturated carbocycles. The molecule has 0 heterocycles. The van der Waals surface area contributed by atoms with E-state index < -0.39 is 15.8 Å². The van der Waals surface area contributed by atoms with E-state index in [4.69, 9.17) is 0 Å². The molecule has 1 rings (SSSR count). The van der Waals surface area contributed by atoms with Gasteiger partial charge in [-0.25, -0.2) is 17.5 Å². The molecule has 0 amide bonds. The van der Waals surface area contributed by atoms with Crippen LogP contribution in [0.5, 0.6) is 0 Å². The van der Waals surface area contributed by atoms with Gasteiger partial charge in [-0.3, -0.25) is 0 Å². The summed E-state index contributed by atoms with van der Waals surface area (Å²) < 4.78 is 40.6. The first kappa shape index (κ1) is 16.6. The Morgan fingerprint density at radius 2 is 1.89 bits per heavy atom. The average Bonchev–Trinajstić information content (AvgIpc) is 2.27. The van der Waals surface area contributed by atoms with E-state index in [1.807, 2.05) is 20.8 Å². The van der Waals surface area contributed by atoms with Crippen LogP contribution in [0.15, 0.2) is 29.2 Å². The quantitative estimate of drug-likeness (QED) is 0.827. The number of hydrogen-bond acceptors (Lipinski definition) is 2. The van der Waals surface area contributed by atoms with Gasteiger partial charge in [-0.15, -0.1) is 0 Å². The van der Waals surface area contributed by atoms with Gasteiger partial charge < -0.3 is 0 Å². The highest BCUT2D eigenvalue weighted by molar-refractivity contribution is 9.09. The Balaban J connectivity index is 3.05. The number of hydrogen-bond donors (Lipinski definition) is 1. The third-order valence-electron chi connectivity index (χ3n) is 2.87. The first-order chi connectivity index (χ1) is 8.68. The molecule has 0 spiro atoms. The van der Waals surface area contributed by atoms with Crippen LogP contribution >= 0.6 is 15.9 Å². The lowest BCUT2D eigenvalue weighted by Gasteiger charge is -2.30. The summed E-state index contributed by atoms with van der Waals surface area (Å²) in [6.07, 6.45) is 0.636. The Bertz CT molecular complexity index is 526. The van der Waals surface area contributed by atoms with Crippen molar-refractivity contribution >= 4 is 26.0 Å². The molecule has 1 aromatic rings. The van der Waals surface area contributed by atoms with E-state index in [0.717, 1.165) is 6.07 Å². The monoisotopic (exact) mass is 351 g/mol. The number of rotatable bonds is 5. The molecule has 0 fully saturated rings. The topological polar surface area (TPSA) is 46.2 Å². The second kappa shape index (κ2) is 6.33. The highest BCUT2D eigenvalue weighted by Crippen LogP contribution is 2.25. The van der Waals surface area contributed by atoms with Gasteiger partial charge >= 0.3 is 0 Å². The molecule has 0 saturated heterocycles. The van der Waals surface area contributed by atoms with Crippen LogP contribution in [0.25, 0.3) is 0 Å². The summed E-state index contributed by atoms with van der Waals surface area (Å²) in [6, 6.07) is 5.12. The second-order valence-corrected chi connectivity index (χ2v) is 7.92. The van der Waals surface area contributed by atoms with Crippen molar-refractivity contribution in [2.45, 2.75) is 38.1 Å². The Morgan fingerprint density at radius 3 is 2.37 bits per heavy atom. The second-order valence-electron chi connectivity index (χ2n) is 5.45. The summed E-state index contributed by atoms with van der Waals surface area (Å²) in [4.78, 5) is -0.307. The Hall–Kier alpha value is -0.460. The van der Waals surface area contributed by atoms with Crippen LogP contribution in [0.2, 0.25) is 0 Å². The highest BCUT2D eigenvalue weighted by atomic mass is 79.9. The van der Waals surface area contributed by atoms with Gasteiger partial charge in [0.25, 0.3) is 0 Å². The number of benzene rings is 1.